The van der Waals surface area contributed by atoms with Gasteiger partial charge in [-0.2, -0.15) is 10.2 Å². The van der Waals surface area contributed by atoms with E-state index < -0.39 is 0 Å². The minimum atomic E-state index is -0.0991. The fraction of sp³-hybridized carbons (Fsp3) is 0.500. The zero-order valence-electron chi connectivity index (χ0n) is 12.5. The average molecular weight is 276 g/mol. The minimum Gasteiger partial charge on any atom is -0.493 e. The largest absolute Gasteiger partial charge is 0.493 e. The molecule has 0 aliphatic rings. The summed E-state index contributed by atoms with van der Waals surface area (Å²) in [5, 5.41) is 8.55. The third kappa shape index (κ3) is 2.33. The van der Waals surface area contributed by atoms with Gasteiger partial charge in [-0.1, -0.05) is 6.92 Å². The quantitative estimate of drug-likeness (QED) is 0.784. The first-order valence-corrected chi connectivity index (χ1v) is 6.68. The Bertz CT molecular complexity index is 625. The Morgan fingerprint density at radius 1 is 1.45 bits per heavy atom. The molecule has 0 amide bonds. The van der Waals surface area contributed by atoms with Crippen molar-refractivity contribution in [2.24, 2.45) is 7.05 Å². The summed E-state index contributed by atoms with van der Waals surface area (Å²) >= 11 is 0. The maximum atomic E-state index is 12.8. The number of rotatable bonds is 5. The van der Waals surface area contributed by atoms with E-state index >= 15 is 0 Å². The molecule has 2 aromatic rings. The standard InChI is InChI=1S/C14H20N4O2/c1-6-11-10(8-17(4)16-11)14(19)13-12(20-5)7-15-18(13)9(2)3/h7-9H,6H2,1-5H3. The number of methoxy groups -OCH3 is 1. The number of nitrogens with zero attached hydrogens (tertiary/aromatic N) is 4. The summed E-state index contributed by atoms with van der Waals surface area (Å²) in [6, 6.07) is 0.0830. The van der Waals surface area contributed by atoms with Crippen LogP contribution in [0.15, 0.2) is 12.4 Å². The van der Waals surface area contributed by atoms with Gasteiger partial charge in [-0.05, 0) is 20.3 Å². The Labute approximate surface area is 118 Å². The molecule has 0 fully saturated rings. The molecule has 2 rings (SSSR count). The zero-order chi connectivity index (χ0) is 14.9. The van der Waals surface area contributed by atoms with Gasteiger partial charge in [-0.25, -0.2) is 0 Å². The fourth-order valence-electron chi connectivity index (χ4n) is 2.22. The molecule has 0 saturated carbocycles. The van der Waals surface area contributed by atoms with Crippen LogP contribution in [-0.4, -0.2) is 32.5 Å². The first-order chi connectivity index (χ1) is 9.49. The highest BCUT2D eigenvalue weighted by molar-refractivity contribution is 6.10. The second-order valence-corrected chi connectivity index (χ2v) is 4.95. The zero-order valence-corrected chi connectivity index (χ0v) is 12.5. The Hall–Kier alpha value is -2.11. The summed E-state index contributed by atoms with van der Waals surface area (Å²) in [6.45, 7) is 5.94. The van der Waals surface area contributed by atoms with Gasteiger partial charge in [0.2, 0.25) is 5.78 Å². The van der Waals surface area contributed by atoms with Crippen molar-refractivity contribution >= 4 is 5.78 Å². The average Bonchev–Trinajstić information content (AvgIpc) is 3.00. The van der Waals surface area contributed by atoms with Crippen LogP contribution in [0.2, 0.25) is 0 Å². The van der Waals surface area contributed by atoms with Gasteiger partial charge in [-0.15, -0.1) is 0 Å². The third-order valence-electron chi connectivity index (χ3n) is 3.17. The minimum absolute atomic E-state index is 0.0830. The van der Waals surface area contributed by atoms with Gasteiger partial charge in [0.25, 0.3) is 0 Å². The first-order valence-electron chi connectivity index (χ1n) is 6.68. The molecule has 6 heteroatoms. The summed E-state index contributed by atoms with van der Waals surface area (Å²) in [6.07, 6.45) is 4.04. The van der Waals surface area contributed by atoms with E-state index in [1.807, 2.05) is 27.8 Å². The summed E-state index contributed by atoms with van der Waals surface area (Å²) < 4.78 is 8.62. The predicted molar refractivity (Wildman–Crippen MR) is 75.2 cm³/mol. The van der Waals surface area contributed by atoms with E-state index in [0.717, 1.165) is 5.69 Å². The maximum Gasteiger partial charge on any atom is 0.218 e. The summed E-state index contributed by atoms with van der Waals surface area (Å²) in [4.78, 5) is 12.8. The Morgan fingerprint density at radius 2 is 2.15 bits per heavy atom. The highest BCUT2D eigenvalue weighted by atomic mass is 16.5. The molecule has 0 aromatic carbocycles. The number of hydrogen-bond donors (Lipinski definition) is 0. The lowest BCUT2D eigenvalue weighted by atomic mass is 10.1. The van der Waals surface area contributed by atoms with Crippen LogP contribution in [0.25, 0.3) is 0 Å². The molecule has 6 nitrogen and oxygen atoms in total. The van der Waals surface area contributed by atoms with Crippen molar-refractivity contribution in [2.75, 3.05) is 7.11 Å². The van der Waals surface area contributed by atoms with Crippen LogP contribution in [0.1, 0.15) is 48.6 Å². The van der Waals surface area contributed by atoms with Crippen LogP contribution in [-0.2, 0) is 13.5 Å². The van der Waals surface area contributed by atoms with E-state index in [-0.39, 0.29) is 11.8 Å². The fourth-order valence-corrected chi connectivity index (χ4v) is 2.22. The highest BCUT2D eigenvalue weighted by Gasteiger charge is 2.25. The summed E-state index contributed by atoms with van der Waals surface area (Å²) in [7, 11) is 3.36. The second-order valence-electron chi connectivity index (χ2n) is 4.95. The van der Waals surface area contributed by atoms with Gasteiger partial charge in [-0.3, -0.25) is 14.2 Å². The maximum absolute atomic E-state index is 12.8. The molecule has 0 N–H and O–H groups in total. The van der Waals surface area contributed by atoms with Crippen molar-refractivity contribution in [3.63, 3.8) is 0 Å². The molecular weight excluding hydrogens is 256 g/mol. The van der Waals surface area contributed by atoms with Gasteiger partial charge in [0.05, 0.1) is 24.6 Å². The number of carbonyl (C=O) groups excluding carboxylic acids is 1. The van der Waals surface area contributed by atoms with E-state index in [1.165, 1.54) is 0 Å². The SMILES string of the molecule is CCc1nn(C)cc1C(=O)c1c(OC)cnn1C(C)C. The molecule has 0 spiro atoms. The molecule has 0 atom stereocenters. The highest BCUT2D eigenvalue weighted by Crippen LogP contribution is 2.25. The number of ketones is 1. The molecule has 0 unspecified atom stereocenters. The normalized spacial score (nSPS) is 11.1. The van der Waals surface area contributed by atoms with Gasteiger partial charge >= 0.3 is 0 Å². The second kappa shape index (κ2) is 5.48. The van der Waals surface area contributed by atoms with E-state index in [9.17, 15) is 4.79 Å². The molecule has 108 valence electrons. The van der Waals surface area contributed by atoms with E-state index in [1.54, 1.807) is 28.9 Å². The number of aryl methyl sites for hydroxylation is 2. The Balaban J connectivity index is 2.55. The van der Waals surface area contributed by atoms with Gasteiger partial charge < -0.3 is 4.74 Å². The smallest absolute Gasteiger partial charge is 0.218 e. The molecule has 0 saturated heterocycles. The lowest BCUT2D eigenvalue weighted by molar-refractivity contribution is 0.102. The molecule has 0 radical (unpaired) electrons. The van der Waals surface area contributed by atoms with E-state index in [2.05, 4.69) is 10.2 Å². The molecule has 0 bridgehead atoms. The van der Waals surface area contributed by atoms with E-state index in [0.29, 0.717) is 23.4 Å². The Morgan fingerprint density at radius 3 is 2.70 bits per heavy atom. The molecular formula is C14H20N4O2. The lowest BCUT2D eigenvalue weighted by Gasteiger charge is -2.11. The van der Waals surface area contributed by atoms with Crippen LogP contribution in [0.4, 0.5) is 0 Å². The topological polar surface area (TPSA) is 61.9 Å². The van der Waals surface area contributed by atoms with Gasteiger partial charge in [0, 0.05) is 19.3 Å². The molecule has 20 heavy (non-hydrogen) atoms. The number of hydrogen-bond acceptors (Lipinski definition) is 4. The van der Waals surface area contributed by atoms with Gasteiger partial charge in [0.1, 0.15) is 0 Å². The van der Waals surface area contributed by atoms with Crippen LogP contribution in [0.5, 0.6) is 5.75 Å². The van der Waals surface area contributed by atoms with Crippen LogP contribution >= 0.6 is 0 Å². The lowest BCUT2D eigenvalue weighted by Crippen LogP contribution is -2.15. The molecule has 0 aliphatic carbocycles. The van der Waals surface area contributed by atoms with Crippen molar-refractivity contribution in [3.8, 4) is 5.75 Å². The number of carbonyl (C=O) groups is 1. The van der Waals surface area contributed by atoms with E-state index in [4.69, 9.17) is 4.74 Å². The first kappa shape index (κ1) is 14.3. The van der Waals surface area contributed by atoms with Crippen LogP contribution in [0.3, 0.4) is 0 Å². The third-order valence-corrected chi connectivity index (χ3v) is 3.17. The monoisotopic (exact) mass is 276 g/mol. The molecule has 2 heterocycles. The van der Waals surface area contributed by atoms with Crippen LogP contribution < -0.4 is 4.74 Å². The summed E-state index contributed by atoms with van der Waals surface area (Å²) in [5.74, 6) is 0.396. The van der Waals surface area contributed by atoms with Crippen molar-refractivity contribution in [2.45, 2.75) is 33.2 Å². The van der Waals surface area contributed by atoms with Crippen molar-refractivity contribution in [1.82, 2.24) is 19.6 Å². The predicted octanol–water partition coefficient (Wildman–Crippen LogP) is 2.00. The van der Waals surface area contributed by atoms with Crippen LogP contribution in [0, 0.1) is 0 Å². The Kier molecular flexibility index (Phi) is 3.92. The molecule has 2 aromatic heterocycles. The van der Waals surface area contributed by atoms with Crippen molar-refractivity contribution < 1.29 is 9.53 Å². The van der Waals surface area contributed by atoms with Crippen molar-refractivity contribution in [3.05, 3.63) is 29.3 Å². The summed E-state index contributed by atoms with van der Waals surface area (Å²) in [5.41, 5.74) is 1.87. The number of ether oxygens (including phenoxy) is 1. The van der Waals surface area contributed by atoms with Crippen molar-refractivity contribution in [1.29, 1.82) is 0 Å². The number of aromatic nitrogens is 4. The molecule has 0 aliphatic heterocycles. The van der Waals surface area contributed by atoms with Gasteiger partial charge in [0.15, 0.2) is 11.4 Å².